The first-order valence-corrected chi connectivity index (χ1v) is 4.01. The fourth-order valence-electron chi connectivity index (χ4n) is 1.48. The first kappa shape index (κ1) is 7.70. The van der Waals surface area contributed by atoms with Crippen molar-refractivity contribution in [2.45, 2.75) is 45.1 Å². The third-order valence-electron chi connectivity index (χ3n) is 2.57. The van der Waals surface area contributed by atoms with Gasteiger partial charge in [0.25, 0.3) is 0 Å². The Hall–Kier alpha value is -0.400. The van der Waals surface area contributed by atoms with Crippen LogP contribution in [-0.4, -0.2) is 5.54 Å². The van der Waals surface area contributed by atoms with E-state index in [1.807, 2.05) is 6.92 Å². The van der Waals surface area contributed by atoms with Crippen molar-refractivity contribution in [1.29, 1.82) is 0 Å². The second-order valence-electron chi connectivity index (χ2n) is 3.77. The molecule has 0 aromatic carbocycles. The number of hydrogen-bond acceptors (Lipinski definition) is 2. The molecule has 1 aliphatic rings. The normalized spacial score (nSPS) is 41.2. The molecule has 0 amide bonds. The largest absolute Gasteiger partial charge is 0.150 e. The lowest BCUT2D eigenvalue weighted by Gasteiger charge is -2.29. The zero-order chi connectivity index (χ0) is 7.61. The molecule has 1 aliphatic carbocycles. The molecule has 0 unspecified atom stereocenters. The zero-order valence-corrected chi connectivity index (χ0v) is 6.76. The lowest BCUT2D eigenvalue weighted by atomic mass is 9.79. The summed E-state index contributed by atoms with van der Waals surface area (Å²) in [5.41, 5.74) is -0.230. The highest BCUT2D eigenvalue weighted by Crippen LogP contribution is 2.33. The van der Waals surface area contributed by atoms with E-state index < -0.39 is 0 Å². The minimum atomic E-state index is -0.230. The van der Waals surface area contributed by atoms with Crippen LogP contribution in [0.1, 0.15) is 39.5 Å². The molecule has 1 fully saturated rings. The standard InChI is InChI=1S/C8H15NO/c1-7-3-5-8(2,9-10)6-4-7/h7H,3-6H2,1-2H3. The highest BCUT2D eigenvalue weighted by Gasteiger charge is 2.30. The maximum absolute atomic E-state index is 10.3. The molecule has 0 aliphatic heterocycles. The van der Waals surface area contributed by atoms with Crippen molar-refractivity contribution < 1.29 is 0 Å². The number of rotatable bonds is 1. The molecule has 0 saturated heterocycles. The lowest BCUT2D eigenvalue weighted by Crippen LogP contribution is -2.27. The molecular weight excluding hydrogens is 126 g/mol. The monoisotopic (exact) mass is 141 g/mol. The van der Waals surface area contributed by atoms with Crippen LogP contribution in [0, 0.1) is 10.8 Å². The minimum absolute atomic E-state index is 0.230. The lowest BCUT2D eigenvalue weighted by molar-refractivity contribution is 0.264. The molecule has 0 spiro atoms. The maximum atomic E-state index is 10.3. The van der Waals surface area contributed by atoms with E-state index in [0.717, 1.165) is 18.8 Å². The second kappa shape index (κ2) is 2.69. The molecule has 0 radical (unpaired) electrons. The van der Waals surface area contributed by atoms with Gasteiger partial charge >= 0.3 is 0 Å². The van der Waals surface area contributed by atoms with Gasteiger partial charge in [-0.3, -0.25) is 0 Å². The Morgan fingerprint density at radius 2 is 1.90 bits per heavy atom. The zero-order valence-electron chi connectivity index (χ0n) is 6.76. The Morgan fingerprint density at radius 3 is 2.30 bits per heavy atom. The molecule has 0 atom stereocenters. The van der Waals surface area contributed by atoms with Gasteiger partial charge in [-0.15, -0.1) is 0 Å². The summed E-state index contributed by atoms with van der Waals surface area (Å²) in [5.74, 6) is 0.801. The van der Waals surface area contributed by atoms with Crippen LogP contribution in [0.4, 0.5) is 0 Å². The van der Waals surface area contributed by atoms with Gasteiger partial charge in [-0.1, -0.05) is 12.1 Å². The summed E-state index contributed by atoms with van der Waals surface area (Å²) in [6.07, 6.45) is 4.31. The van der Waals surface area contributed by atoms with E-state index in [1.54, 1.807) is 0 Å². The molecule has 0 bridgehead atoms. The van der Waals surface area contributed by atoms with E-state index in [4.69, 9.17) is 0 Å². The van der Waals surface area contributed by atoms with Crippen molar-refractivity contribution in [3.63, 3.8) is 0 Å². The molecule has 1 saturated carbocycles. The summed E-state index contributed by atoms with van der Waals surface area (Å²) in [4.78, 5) is 10.3. The molecule has 10 heavy (non-hydrogen) atoms. The Morgan fingerprint density at radius 1 is 1.40 bits per heavy atom. The topological polar surface area (TPSA) is 29.4 Å². The fourth-order valence-corrected chi connectivity index (χ4v) is 1.48. The molecule has 2 nitrogen and oxygen atoms in total. The van der Waals surface area contributed by atoms with E-state index in [9.17, 15) is 4.91 Å². The third kappa shape index (κ3) is 1.55. The van der Waals surface area contributed by atoms with Crippen molar-refractivity contribution >= 4 is 0 Å². The summed E-state index contributed by atoms with van der Waals surface area (Å²) in [5, 5.41) is 3.16. The molecule has 0 aromatic heterocycles. The van der Waals surface area contributed by atoms with Crippen molar-refractivity contribution in [3.05, 3.63) is 4.91 Å². The minimum Gasteiger partial charge on any atom is -0.150 e. The fraction of sp³-hybridized carbons (Fsp3) is 1.00. The second-order valence-corrected chi connectivity index (χ2v) is 3.77. The summed E-state index contributed by atoms with van der Waals surface area (Å²) in [6.45, 7) is 4.20. The number of nitroso groups, excluding NO2 is 1. The van der Waals surface area contributed by atoms with Crippen LogP contribution >= 0.6 is 0 Å². The van der Waals surface area contributed by atoms with Crippen molar-refractivity contribution in [3.8, 4) is 0 Å². The summed E-state index contributed by atoms with van der Waals surface area (Å²) >= 11 is 0. The molecule has 0 heterocycles. The Bertz CT molecular complexity index is 125. The molecule has 1 rings (SSSR count). The van der Waals surface area contributed by atoms with Gasteiger partial charge in [0, 0.05) is 0 Å². The van der Waals surface area contributed by atoms with Crippen molar-refractivity contribution in [1.82, 2.24) is 0 Å². The van der Waals surface area contributed by atoms with Crippen LogP contribution < -0.4 is 0 Å². The van der Waals surface area contributed by atoms with Crippen molar-refractivity contribution in [2.24, 2.45) is 11.1 Å². The van der Waals surface area contributed by atoms with Crippen molar-refractivity contribution in [2.75, 3.05) is 0 Å². The van der Waals surface area contributed by atoms with Crippen LogP contribution in [0.25, 0.3) is 0 Å². The van der Waals surface area contributed by atoms with Crippen LogP contribution in [0.2, 0.25) is 0 Å². The average Bonchev–Trinajstić information content (AvgIpc) is 1.96. The average molecular weight is 141 g/mol. The SMILES string of the molecule is CC1CCC(C)(N=O)CC1. The van der Waals surface area contributed by atoms with Gasteiger partial charge in [-0.25, -0.2) is 0 Å². The molecule has 0 aromatic rings. The number of nitrogens with zero attached hydrogens (tertiary/aromatic N) is 1. The molecule has 0 N–H and O–H groups in total. The Kier molecular flexibility index (Phi) is 2.07. The number of hydrogen-bond donors (Lipinski definition) is 0. The van der Waals surface area contributed by atoms with Crippen LogP contribution in [0.15, 0.2) is 5.18 Å². The van der Waals surface area contributed by atoms with E-state index >= 15 is 0 Å². The highest BCUT2D eigenvalue weighted by atomic mass is 16.3. The summed E-state index contributed by atoms with van der Waals surface area (Å²) in [7, 11) is 0. The van der Waals surface area contributed by atoms with Gasteiger partial charge in [-0.05, 0) is 38.5 Å². The van der Waals surface area contributed by atoms with Crippen LogP contribution in [-0.2, 0) is 0 Å². The van der Waals surface area contributed by atoms with Crippen LogP contribution in [0.5, 0.6) is 0 Å². The predicted molar refractivity (Wildman–Crippen MR) is 41.8 cm³/mol. The van der Waals surface area contributed by atoms with E-state index in [1.165, 1.54) is 12.8 Å². The van der Waals surface area contributed by atoms with Gasteiger partial charge in [0.1, 0.15) is 0 Å². The van der Waals surface area contributed by atoms with Gasteiger partial charge in [0.2, 0.25) is 0 Å². The quantitative estimate of drug-likeness (QED) is 0.516. The molecular formula is C8H15NO. The first-order chi connectivity index (χ1) is 4.66. The Labute approximate surface area is 62.0 Å². The van der Waals surface area contributed by atoms with Gasteiger partial charge in [0.05, 0.1) is 5.54 Å². The van der Waals surface area contributed by atoms with Gasteiger partial charge in [-0.2, -0.15) is 4.91 Å². The van der Waals surface area contributed by atoms with Gasteiger partial charge < -0.3 is 0 Å². The van der Waals surface area contributed by atoms with Gasteiger partial charge in [0.15, 0.2) is 0 Å². The highest BCUT2D eigenvalue weighted by molar-refractivity contribution is 4.87. The molecule has 2 heteroatoms. The molecule has 58 valence electrons. The third-order valence-corrected chi connectivity index (χ3v) is 2.57. The summed E-state index contributed by atoms with van der Waals surface area (Å²) in [6, 6.07) is 0. The predicted octanol–water partition coefficient (Wildman–Crippen LogP) is 2.72. The van der Waals surface area contributed by atoms with Crippen LogP contribution in [0.3, 0.4) is 0 Å². The Balaban J connectivity index is 2.46. The summed E-state index contributed by atoms with van der Waals surface area (Å²) < 4.78 is 0. The smallest absolute Gasteiger partial charge is 0.0998 e. The first-order valence-electron chi connectivity index (χ1n) is 4.01. The van der Waals surface area contributed by atoms with E-state index in [2.05, 4.69) is 12.1 Å². The van der Waals surface area contributed by atoms with E-state index in [-0.39, 0.29) is 5.54 Å². The van der Waals surface area contributed by atoms with E-state index in [0.29, 0.717) is 0 Å². The maximum Gasteiger partial charge on any atom is 0.0998 e.